The summed E-state index contributed by atoms with van der Waals surface area (Å²) in [4.78, 5) is 28.3. The Balaban J connectivity index is 1.61. The van der Waals surface area contributed by atoms with Crippen LogP contribution in [0.3, 0.4) is 0 Å². The molecule has 3 heterocycles. The van der Waals surface area contributed by atoms with Gasteiger partial charge < -0.3 is 10.2 Å². The van der Waals surface area contributed by atoms with Gasteiger partial charge in [0.15, 0.2) is 0 Å². The van der Waals surface area contributed by atoms with E-state index >= 15 is 0 Å². The minimum Gasteiger partial charge on any atom is -0.356 e. The molecule has 6 nitrogen and oxygen atoms in total. The maximum absolute atomic E-state index is 12.8. The van der Waals surface area contributed by atoms with E-state index in [9.17, 15) is 4.79 Å². The van der Waals surface area contributed by atoms with Crippen molar-refractivity contribution in [2.45, 2.75) is 32.2 Å². The monoisotopic (exact) mass is 361 g/mol. The van der Waals surface area contributed by atoms with Gasteiger partial charge in [-0.05, 0) is 56.5 Å². The molecule has 1 atom stereocenters. The van der Waals surface area contributed by atoms with Crippen molar-refractivity contribution in [1.82, 2.24) is 20.3 Å². The summed E-state index contributed by atoms with van der Waals surface area (Å²) >= 11 is 0. The highest BCUT2D eigenvalue weighted by atomic mass is 16.1. The fourth-order valence-corrected chi connectivity index (χ4v) is 3.53. The highest BCUT2D eigenvalue weighted by molar-refractivity contribution is 6.00. The minimum atomic E-state index is -0.164. The standard InChI is InChI=1S/C21H23N5O/c1-15(18-7-3-4-10-22-18)25-21(27)16-8-9-19-17(13-16)20(24-14-23-19)26-11-5-2-6-12-26/h3-4,7-10,13-15H,2,5-6,11-12H2,1H3,(H,25,27). The van der Waals surface area contributed by atoms with Gasteiger partial charge in [0.05, 0.1) is 17.3 Å². The second-order valence-corrected chi connectivity index (χ2v) is 6.93. The third kappa shape index (κ3) is 3.74. The van der Waals surface area contributed by atoms with Crippen LogP contribution < -0.4 is 10.2 Å². The molecule has 1 aliphatic heterocycles. The molecule has 1 aliphatic rings. The Hall–Kier alpha value is -3.02. The molecule has 0 spiro atoms. The lowest BCUT2D eigenvalue weighted by Gasteiger charge is -2.28. The van der Waals surface area contributed by atoms with Gasteiger partial charge in [0.2, 0.25) is 0 Å². The number of benzene rings is 1. The fourth-order valence-electron chi connectivity index (χ4n) is 3.53. The van der Waals surface area contributed by atoms with Crippen molar-refractivity contribution < 1.29 is 4.79 Å². The number of nitrogens with zero attached hydrogens (tertiary/aromatic N) is 4. The first-order valence-electron chi connectivity index (χ1n) is 9.44. The smallest absolute Gasteiger partial charge is 0.251 e. The highest BCUT2D eigenvalue weighted by Crippen LogP contribution is 2.26. The van der Waals surface area contributed by atoms with Crippen molar-refractivity contribution in [2.24, 2.45) is 0 Å². The molecule has 0 bridgehead atoms. The van der Waals surface area contributed by atoms with Crippen LogP contribution in [-0.2, 0) is 0 Å². The van der Waals surface area contributed by atoms with Crippen molar-refractivity contribution in [1.29, 1.82) is 0 Å². The topological polar surface area (TPSA) is 71.0 Å². The normalized spacial score (nSPS) is 15.5. The molecule has 2 aromatic heterocycles. The molecule has 1 aromatic carbocycles. The maximum Gasteiger partial charge on any atom is 0.251 e. The molecule has 27 heavy (non-hydrogen) atoms. The molecule has 1 fully saturated rings. The van der Waals surface area contributed by atoms with Crippen LogP contribution in [0, 0.1) is 0 Å². The van der Waals surface area contributed by atoms with E-state index in [0.717, 1.165) is 35.5 Å². The van der Waals surface area contributed by atoms with Crippen LogP contribution in [0.5, 0.6) is 0 Å². The van der Waals surface area contributed by atoms with Gasteiger partial charge in [0.25, 0.3) is 5.91 Å². The largest absolute Gasteiger partial charge is 0.356 e. The van der Waals surface area contributed by atoms with E-state index < -0.39 is 0 Å². The summed E-state index contributed by atoms with van der Waals surface area (Å²) in [6, 6.07) is 11.1. The van der Waals surface area contributed by atoms with E-state index in [1.54, 1.807) is 12.5 Å². The molecule has 138 valence electrons. The summed E-state index contributed by atoms with van der Waals surface area (Å²) < 4.78 is 0. The predicted molar refractivity (Wildman–Crippen MR) is 106 cm³/mol. The van der Waals surface area contributed by atoms with E-state index in [1.807, 2.05) is 43.3 Å². The van der Waals surface area contributed by atoms with Crippen LogP contribution in [0.1, 0.15) is 48.3 Å². The average molecular weight is 361 g/mol. The number of anilines is 1. The summed E-state index contributed by atoms with van der Waals surface area (Å²) in [6.45, 7) is 3.93. The van der Waals surface area contributed by atoms with Crippen molar-refractivity contribution in [3.8, 4) is 0 Å². The van der Waals surface area contributed by atoms with Crippen LogP contribution in [0.4, 0.5) is 5.82 Å². The van der Waals surface area contributed by atoms with Crippen molar-refractivity contribution in [2.75, 3.05) is 18.0 Å². The van der Waals surface area contributed by atoms with Crippen LogP contribution in [0.2, 0.25) is 0 Å². The third-order valence-electron chi connectivity index (χ3n) is 5.01. The quantitative estimate of drug-likeness (QED) is 0.770. The Morgan fingerprint density at radius 3 is 2.70 bits per heavy atom. The molecule has 0 saturated carbocycles. The van der Waals surface area contributed by atoms with Crippen LogP contribution in [-0.4, -0.2) is 33.9 Å². The van der Waals surface area contributed by atoms with Crippen LogP contribution in [0.15, 0.2) is 48.9 Å². The number of pyridine rings is 1. The Bertz CT molecular complexity index is 938. The van der Waals surface area contributed by atoms with Crippen LogP contribution in [0.25, 0.3) is 10.9 Å². The van der Waals surface area contributed by atoms with Gasteiger partial charge >= 0.3 is 0 Å². The second kappa shape index (κ2) is 7.70. The highest BCUT2D eigenvalue weighted by Gasteiger charge is 2.18. The van der Waals surface area contributed by atoms with Gasteiger partial charge in [0, 0.05) is 30.2 Å². The lowest BCUT2D eigenvalue weighted by Crippen LogP contribution is -2.30. The van der Waals surface area contributed by atoms with Gasteiger partial charge in [-0.1, -0.05) is 6.07 Å². The average Bonchev–Trinajstić information content (AvgIpc) is 2.74. The number of carbonyl (C=O) groups excluding carboxylic acids is 1. The maximum atomic E-state index is 12.8. The number of aromatic nitrogens is 3. The summed E-state index contributed by atoms with van der Waals surface area (Å²) in [7, 11) is 0. The minimum absolute atomic E-state index is 0.122. The Morgan fingerprint density at radius 2 is 1.93 bits per heavy atom. The van der Waals surface area contributed by atoms with E-state index in [1.165, 1.54) is 19.3 Å². The lowest BCUT2D eigenvalue weighted by atomic mass is 10.1. The number of rotatable bonds is 4. The Labute approximate surface area is 158 Å². The van der Waals surface area contributed by atoms with E-state index in [0.29, 0.717) is 5.56 Å². The number of carbonyl (C=O) groups is 1. The van der Waals surface area contributed by atoms with Gasteiger partial charge in [-0.3, -0.25) is 9.78 Å². The molecule has 0 aliphatic carbocycles. The van der Waals surface area contributed by atoms with E-state index in [-0.39, 0.29) is 11.9 Å². The predicted octanol–water partition coefficient (Wildman–Crippen LogP) is 3.51. The zero-order valence-electron chi connectivity index (χ0n) is 15.4. The van der Waals surface area contributed by atoms with Crippen molar-refractivity contribution in [3.63, 3.8) is 0 Å². The summed E-state index contributed by atoms with van der Waals surface area (Å²) in [6.07, 6.45) is 6.95. The summed E-state index contributed by atoms with van der Waals surface area (Å²) in [5, 5.41) is 3.95. The van der Waals surface area contributed by atoms with Gasteiger partial charge in [-0.25, -0.2) is 9.97 Å². The molecule has 1 N–H and O–H groups in total. The zero-order valence-corrected chi connectivity index (χ0v) is 15.4. The molecule has 1 unspecified atom stereocenters. The number of hydrogen-bond acceptors (Lipinski definition) is 5. The molecular weight excluding hydrogens is 338 g/mol. The first kappa shape index (κ1) is 17.4. The summed E-state index contributed by atoms with van der Waals surface area (Å²) in [5.74, 6) is 0.802. The third-order valence-corrected chi connectivity index (χ3v) is 5.01. The molecule has 1 amide bonds. The zero-order chi connectivity index (χ0) is 18.6. The summed E-state index contributed by atoms with van der Waals surface area (Å²) in [5.41, 5.74) is 2.31. The molecule has 0 radical (unpaired) electrons. The van der Waals surface area contributed by atoms with Gasteiger partial charge in [-0.15, -0.1) is 0 Å². The SMILES string of the molecule is CC(NC(=O)c1ccc2ncnc(N3CCCCC3)c2c1)c1ccccn1. The molecular formula is C21H23N5O. The molecule has 1 saturated heterocycles. The van der Waals surface area contributed by atoms with E-state index in [2.05, 4.69) is 25.2 Å². The Morgan fingerprint density at radius 1 is 1.07 bits per heavy atom. The van der Waals surface area contributed by atoms with Gasteiger partial charge in [-0.2, -0.15) is 0 Å². The molecule has 4 rings (SSSR count). The molecule has 3 aromatic rings. The number of hydrogen-bond donors (Lipinski definition) is 1. The number of piperidine rings is 1. The van der Waals surface area contributed by atoms with E-state index in [4.69, 9.17) is 0 Å². The fraction of sp³-hybridized carbons (Fsp3) is 0.333. The number of fused-ring (bicyclic) bond motifs is 1. The number of nitrogens with one attached hydrogen (secondary N) is 1. The second-order valence-electron chi connectivity index (χ2n) is 6.93. The van der Waals surface area contributed by atoms with Crippen LogP contribution >= 0.6 is 0 Å². The lowest BCUT2D eigenvalue weighted by molar-refractivity contribution is 0.0939. The van der Waals surface area contributed by atoms with Gasteiger partial charge in [0.1, 0.15) is 12.1 Å². The molecule has 6 heteroatoms. The van der Waals surface area contributed by atoms with Crippen molar-refractivity contribution in [3.05, 3.63) is 60.2 Å². The Kier molecular flexibility index (Phi) is 4.96. The first-order chi connectivity index (χ1) is 13.2. The first-order valence-corrected chi connectivity index (χ1v) is 9.44. The number of amides is 1. The van der Waals surface area contributed by atoms with Crippen molar-refractivity contribution >= 4 is 22.6 Å².